The summed E-state index contributed by atoms with van der Waals surface area (Å²) in [6.45, 7) is 3.95. The van der Waals surface area contributed by atoms with E-state index in [1.54, 1.807) is 36.7 Å². The van der Waals surface area contributed by atoms with Gasteiger partial charge in [0.05, 0.1) is 25.1 Å². The molecule has 1 aromatic heterocycles. The van der Waals surface area contributed by atoms with Gasteiger partial charge >= 0.3 is 0 Å². The Morgan fingerprint density at radius 1 is 1.17 bits per heavy atom. The standard InChI is InChI=1S/C24H28ClN5O4S/c1-5-16-6-9-18(10-7-16)34-15(2)23(32)26-13-21-28-29-24(30(21)3)35-14-22(31)27-19-12-17(25)8-11-20(19)33-4/h6-12,15H,5,13-14H2,1-4H3,(H,26,32)(H,27,31)/t15-/m1/s1. The molecule has 0 radical (unpaired) electrons. The molecule has 1 heterocycles. The number of anilines is 1. The first kappa shape index (κ1) is 26.4. The van der Waals surface area contributed by atoms with Crippen LogP contribution in [0.4, 0.5) is 5.69 Å². The van der Waals surface area contributed by atoms with Gasteiger partial charge in [-0.15, -0.1) is 10.2 Å². The largest absolute Gasteiger partial charge is 0.495 e. The maximum Gasteiger partial charge on any atom is 0.261 e. The molecule has 2 amide bonds. The van der Waals surface area contributed by atoms with Crippen LogP contribution in [0.25, 0.3) is 0 Å². The lowest BCUT2D eigenvalue weighted by Gasteiger charge is -2.15. The minimum absolute atomic E-state index is 0.107. The van der Waals surface area contributed by atoms with Crippen LogP contribution in [-0.2, 0) is 29.6 Å². The minimum Gasteiger partial charge on any atom is -0.495 e. The number of thioether (sulfide) groups is 1. The Balaban J connectivity index is 1.49. The number of methoxy groups -OCH3 is 1. The average molecular weight is 518 g/mol. The second-order valence-electron chi connectivity index (χ2n) is 7.61. The van der Waals surface area contributed by atoms with Crippen LogP contribution in [-0.4, -0.2) is 45.5 Å². The third kappa shape index (κ3) is 7.37. The summed E-state index contributed by atoms with van der Waals surface area (Å²) in [6.07, 6.45) is 0.270. The number of aryl methyl sites for hydroxylation is 1. The van der Waals surface area contributed by atoms with Gasteiger partial charge in [0, 0.05) is 12.1 Å². The highest BCUT2D eigenvalue weighted by Crippen LogP contribution is 2.28. The lowest BCUT2D eigenvalue weighted by atomic mass is 10.2. The lowest BCUT2D eigenvalue weighted by molar-refractivity contribution is -0.127. The van der Waals surface area contributed by atoms with Crippen molar-refractivity contribution in [3.05, 3.63) is 58.9 Å². The second-order valence-corrected chi connectivity index (χ2v) is 8.99. The zero-order valence-corrected chi connectivity index (χ0v) is 21.6. The molecule has 186 valence electrons. The fourth-order valence-corrected chi connectivity index (χ4v) is 3.99. The van der Waals surface area contributed by atoms with E-state index in [1.165, 1.54) is 24.4 Å². The summed E-state index contributed by atoms with van der Waals surface area (Å²) in [6, 6.07) is 12.6. The number of rotatable bonds is 11. The highest BCUT2D eigenvalue weighted by Gasteiger charge is 2.17. The Hall–Kier alpha value is -3.24. The van der Waals surface area contributed by atoms with Crippen LogP contribution in [0.5, 0.6) is 11.5 Å². The van der Waals surface area contributed by atoms with Gasteiger partial charge < -0.3 is 24.7 Å². The van der Waals surface area contributed by atoms with E-state index in [1.807, 2.05) is 24.3 Å². The molecule has 3 rings (SSSR count). The van der Waals surface area contributed by atoms with E-state index in [4.69, 9.17) is 21.1 Å². The first-order valence-corrected chi connectivity index (χ1v) is 12.3. The van der Waals surface area contributed by atoms with E-state index in [9.17, 15) is 9.59 Å². The predicted molar refractivity (Wildman–Crippen MR) is 136 cm³/mol. The Morgan fingerprint density at radius 2 is 1.91 bits per heavy atom. The molecule has 9 nitrogen and oxygen atoms in total. The number of halogens is 1. The Labute approximate surface area is 213 Å². The van der Waals surface area contributed by atoms with Gasteiger partial charge in [0.1, 0.15) is 11.5 Å². The second kappa shape index (κ2) is 12.5. The van der Waals surface area contributed by atoms with Crippen molar-refractivity contribution < 1.29 is 19.1 Å². The Kier molecular flexibility index (Phi) is 9.39. The molecule has 2 aromatic carbocycles. The van der Waals surface area contributed by atoms with Gasteiger partial charge in [-0.2, -0.15) is 0 Å². The van der Waals surface area contributed by atoms with E-state index < -0.39 is 6.10 Å². The van der Waals surface area contributed by atoms with Gasteiger partial charge in [0.25, 0.3) is 5.91 Å². The van der Waals surface area contributed by atoms with E-state index in [0.29, 0.717) is 33.2 Å². The summed E-state index contributed by atoms with van der Waals surface area (Å²) < 4.78 is 12.7. The number of hydrogen-bond donors (Lipinski definition) is 2. The molecule has 1 atom stereocenters. The number of carbonyl (C=O) groups is 2. The third-order valence-corrected chi connectivity index (χ3v) is 6.38. The fraction of sp³-hybridized carbons (Fsp3) is 0.333. The number of benzene rings is 2. The van der Waals surface area contributed by atoms with Crippen LogP contribution in [0.2, 0.25) is 5.02 Å². The van der Waals surface area contributed by atoms with Crippen LogP contribution in [0.1, 0.15) is 25.2 Å². The number of ether oxygens (including phenoxy) is 2. The first-order chi connectivity index (χ1) is 16.8. The first-order valence-electron chi connectivity index (χ1n) is 11.0. The van der Waals surface area contributed by atoms with Crippen molar-refractivity contribution in [2.45, 2.75) is 38.1 Å². The molecule has 0 saturated carbocycles. The molecule has 0 bridgehead atoms. The highest BCUT2D eigenvalue weighted by molar-refractivity contribution is 7.99. The van der Waals surface area contributed by atoms with E-state index in [0.717, 1.165) is 6.42 Å². The van der Waals surface area contributed by atoms with E-state index >= 15 is 0 Å². The Bertz CT molecular complexity index is 1170. The van der Waals surface area contributed by atoms with Crippen LogP contribution in [0, 0.1) is 0 Å². The molecule has 0 aliphatic rings. The SMILES string of the molecule is CCc1ccc(O[C@H](C)C(=O)NCc2nnc(SCC(=O)Nc3cc(Cl)ccc3OC)n2C)cc1. The maximum absolute atomic E-state index is 12.5. The number of nitrogens with one attached hydrogen (secondary N) is 2. The molecular weight excluding hydrogens is 490 g/mol. The summed E-state index contributed by atoms with van der Waals surface area (Å²) in [5, 5.41) is 14.9. The van der Waals surface area contributed by atoms with Gasteiger partial charge in [-0.25, -0.2) is 0 Å². The zero-order chi connectivity index (χ0) is 25.4. The van der Waals surface area contributed by atoms with Crippen LogP contribution in [0.15, 0.2) is 47.6 Å². The topological polar surface area (TPSA) is 107 Å². The minimum atomic E-state index is -0.670. The van der Waals surface area contributed by atoms with Crippen molar-refractivity contribution in [3.63, 3.8) is 0 Å². The molecule has 0 unspecified atom stereocenters. The fourth-order valence-electron chi connectivity index (χ4n) is 3.09. The molecule has 0 spiro atoms. The molecule has 0 fully saturated rings. The van der Waals surface area contributed by atoms with E-state index in [-0.39, 0.29) is 24.1 Å². The predicted octanol–water partition coefficient (Wildman–Crippen LogP) is 3.85. The van der Waals surface area contributed by atoms with Crippen molar-refractivity contribution in [3.8, 4) is 11.5 Å². The monoisotopic (exact) mass is 517 g/mol. The van der Waals surface area contributed by atoms with Gasteiger partial charge in [-0.05, 0) is 49.2 Å². The smallest absolute Gasteiger partial charge is 0.261 e. The molecular formula is C24H28ClN5O4S. The van der Waals surface area contributed by atoms with Gasteiger partial charge in [-0.1, -0.05) is 42.4 Å². The summed E-state index contributed by atoms with van der Waals surface area (Å²) >= 11 is 7.23. The summed E-state index contributed by atoms with van der Waals surface area (Å²) in [5.41, 5.74) is 1.69. The van der Waals surface area contributed by atoms with Crippen LogP contribution in [0.3, 0.4) is 0 Å². The van der Waals surface area contributed by atoms with Crippen LogP contribution >= 0.6 is 23.4 Å². The summed E-state index contributed by atoms with van der Waals surface area (Å²) in [4.78, 5) is 24.9. The number of carbonyl (C=O) groups excluding carboxylic acids is 2. The number of amides is 2. The third-order valence-electron chi connectivity index (χ3n) is 5.13. The van der Waals surface area contributed by atoms with Crippen LogP contribution < -0.4 is 20.1 Å². The van der Waals surface area contributed by atoms with Gasteiger partial charge in [0.2, 0.25) is 5.91 Å². The normalized spacial score (nSPS) is 11.6. The Morgan fingerprint density at radius 3 is 2.60 bits per heavy atom. The van der Waals surface area contributed by atoms with Crippen molar-refractivity contribution in [1.82, 2.24) is 20.1 Å². The lowest BCUT2D eigenvalue weighted by Crippen LogP contribution is -2.36. The van der Waals surface area contributed by atoms with Crippen molar-refractivity contribution in [2.24, 2.45) is 7.05 Å². The average Bonchev–Trinajstić information content (AvgIpc) is 3.20. The molecule has 0 aliphatic carbocycles. The highest BCUT2D eigenvalue weighted by atomic mass is 35.5. The van der Waals surface area contributed by atoms with E-state index in [2.05, 4.69) is 27.8 Å². The number of nitrogens with zero attached hydrogens (tertiary/aromatic N) is 3. The zero-order valence-electron chi connectivity index (χ0n) is 20.0. The molecule has 3 aromatic rings. The molecule has 35 heavy (non-hydrogen) atoms. The molecule has 0 saturated heterocycles. The maximum atomic E-state index is 12.5. The summed E-state index contributed by atoms with van der Waals surface area (Å²) in [7, 11) is 3.29. The van der Waals surface area contributed by atoms with Gasteiger partial charge in [0.15, 0.2) is 17.1 Å². The number of aromatic nitrogens is 3. The van der Waals surface area contributed by atoms with Gasteiger partial charge in [-0.3, -0.25) is 9.59 Å². The molecule has 2 N–H and O–H groups in total. The summed E-state index contributed by atoms with van der Waals surface area (Å²) in [5.74, 6) is 1.30. The van der Waals surface area contributed by atoms with Crippen molar-refractivity contribution in [1.29, 1.82) is 0 Å². The van der Waals surface area contributed by atoms with Crippen molar-refractivity contribution >= 4 is 40.9 Å². The molecule has 0 aliphatic heterocycles. The number of hydrogen-bond acceptors (Lipinski definition) is 7. The molecule has 11 heteroatoms. The van der Waals surface area contributed by atoms with Crippen molar-refractivity contribution in [2.75, 3.05) is 18.2 Å². The quantitative estimate of drug-likeness (QED) is 0.372.